The van der Waals surface area contributed by atoms with Gasteiger partial charge in [-0.25, -0.2) is 0 Å². The van der Waals surface area contributed by atoms with Crippen LogP contribution in [-0.4, -0.2) is 24.0 Å². The Bertz CT molecular complexity index is 598. The van der Waals surface area contributed by atoms with Crippen molar-refractivity contribution in [2.24, 2.45) is 0 Å². The zero-order valence-corrected chi connectivity index (χ0v) is 14.4. The van der Waals surface area contributed by atoms with E-state index in [2.05, 4.69) is 17.2 Å². The smallest absolute Gasteiger partial charge is 0.170 e. The van der Waals surface area contributed by atoms with E-state index in [0.717, 1.165) is 35.2 Å². The summed E-state index contributed by atoms with van der Waals surface area (Å²) in [6.07, 6.45) is 3.41. The molecule has 4 nitrogen and oxygen atoms in total. The lowest BCUT2D eigenvalue weighted by molar-refractivity contribution is 0.363. The molecular weight excluding hydrogens is 328 g/mol. The van der Waals surface area contributed by atoms with E-state index in [9.17, 15) is 0 Å². The Balaban J connectivity index is 1.61. The van der Waals surface area contributed by atoms with Crippen molar-refractivity contribution in [1.82, 2.24) is 5.32 Å². The first-order valence-electron chi connectivity index (χ1n) is 7.26. The molecule has 1 aromatic carbocycles. The van der Waals surface area contributed by atoms with Crippen molar-refractivity contribution in [3.05, 3.63) is 61.1 Å². The molecule has 0 spiro atoms. The molecule has 0 radical (unpaired) electrons. The Labute approximate surface area is 146 Å². The number of thioether (sulfide) groups is 1. The highest BCUT2D eigenvalue weighted by atomic mass is 32.2. The van der Waals surface area contributed by atoms with Gasteiger partial charge in [0.15, 0.2) is 5.11 Å². The first-order chi connectivity index (χ1) is 11.3. The van der Waals surface area contributed by atoms with Gasteiger partial charge in [-0.05, 0) is 48.6 Å². The molecule has 0 bridgehead atoms. The molecule has 1 heterocycles. The molecule has 1 aromatic heterocycles. The van der Waals surface area contributed by atoms with Gasteiger partial charge in [-0.3, -0.25) is 0 Å². The fourth-order valence-corrected chi connectivity index (χ4v) is 2.75. The van der Waals surface area contributed by atoms with E-state index in [0.29, 0.717) is 11.7 Å². The van der Waals surface area contributed by atoms with Crippen molar-refractivity contribution in [3.63, 3.8) is 0 Å². The lowest BCUT2D eigenvalue weighted by atomic mass is 10.3. The molecule has 0 saturated carbocycles. The number of nitrogens with one attached hydrogen (secondary N) is 2. The Morgan fingerprint density at radius 3 is 2.83 bits per heavy atom. The van der Waals surface area contributed by atoms with Crippen LogP contribution in [0, 0.1) is 0 Å². The van der Waals surface area contributed by atoms with Crippen LogP contribution in [0.5, 0.6) is 5.75 Å². The average Bonchev–Trinajstić information content (AvgIpc) is 3.07. The van der Waals surface area contributed by atoms with Crippen molar-refractivity contribution in [3.8, 4) is 5.75 Å². The highest BCUT2D eigenvalue weighted by molar-refractivity contribution is 7.98. The van der Waals surface area contributed by atoms with Crippen molar-refractivity contribution in [2.45, 2.75) is 5.75 Å². The normalized spacial score (nSPS) is 10.1. The average molecular weight is 348 g/mol. The van der Waals surface area contributed by atoms with Crippen LogP contribution in [0.25, 0.3) is 0 Å². The highest BCUT2D eigenvalue weighted by Gasteiger charge is 1.99. The first kappa shape index (κ1) is 17.4. The molecule has 2 rings (SSSR count). The van der Waals surface area contributed by atoms with E-state index >= 15 is 0 Å². The monoisotopic (exact) mass is 348 g/mol. The maximum absolute atomic E-state index is 5.43. The Morgan fingerprint density at radius 2 is 2.13 bits per heavy atom. The number of benzene rings is 1. The van der Waals surface area contributed by atoms with Crippen molar-refractivity contribution in [2.75, 3.05) is 24.2 Å². The van der Waals surface area contributed by atoms with Gasteiger partial charge in [0, 0.05) is 18.0 Å². The number of anilines is 1. The summed E-state index contributed by atoms with van der Waals surface area (Å²) in [5.41, 5.74) is 0.927. The molecule has 0 saturated heterocycles. The van der Waals surface area contributed by atoms with Crippen molar-refractivity contribution < 1.29 is 9.15 Å². The second-order valence-corrected chi connectivity index (χ2v) is 6.15. The van der Waals surface area contributed by atoms with Gasteiger partial charge in [0.1, 0.15) is 18.1 Å². The van der Waals surface area contributed by atoms with Crippen LogP contribution in [0.1, 0.15) is 5.76 Å². The molecule has 0 atom stereocenters. The van der Waals surface area contributed by atoms with Gasteiger partial charge in [-0.15, -0.1) is 0 Å². The van der Waals surface area contributed by atoms with Gasteiger partial charge in [-0.1, -0.05) is 12.7 Å². The minimum atomic E-state index is 0.502. The van der Waals surface area contributed by atoms with Gasteiger partial charge in [0.25, 0.3) is 0 Å². The maximum atomic E-state index is 5.43. The molecular formula is C17H20N2O2S2. The van der Waals surface area contributed by atoms with E-state index in [1.165, 1.54) is 0 Å². The zero-order chi connectivity index (χ0) is 16.3. The molecule has 2 N–H and O–H groups in total. The van der Waals surface area contributed by atoms with Gasteiger partial charge in [-0.2, -0.15) is 11.8 Å². The van der Waals surface area contributed by atoms with E-state index < -0.39 is 0 Å². The van der Waals surface area contributed by atoms with Gasteiger partial charge < -0.3 is 19.8 Å². The van der Waals surface area contributed by atoms with Crippen LogP contribution < -0.4 is 15.4 Å². The van der Waals surface area contributed by atoms with Crippen LogP contribution in [0.15, 0.2) is 59.7 Å². The lowest BCUT2D eigenvalue weighted by Gasteiger charge is -2.11. The minimum absolute atomic E-state index is 0.502. The largest absolute Gasteiger partial charge is 0.490 e. The summed E-state index contributed by atoms with van der Waals surface area (Å²) in [6, 6.07) is 11.5. The highest BCUT2D eigenvalue weighted by Crippen LogP contribution is 2.15. The molecule has 0 fully saturated rings. The zero-order valence-electron chi connectivity index (χ0n) is 12.8. The van der Waals surface area contributed by atoms with E-state index in [1.54, 1.807) is 24.1 Å². The topological polar surface area (TPSA) is 46.4 Å². The van der Waals surface area contributed by atoms with Crippen LogP contribution >= 0.6 is 24.0 Å². The summed E-state index contributed by atoms with van der Waals surface area (Å²) >= 11 is 7.07. The molecule has 6 heteroatoms. The standard InChI is InChI=1S/C17H20N2O2S2/c1-2-10-20-15-7-5-14(6-8-15)19-17(22)18-9-12-23-13-16-4-3-11-21-16/h2-8,11H,1,9-10,12-13H2,(H2,18,19,22). The molecule has 23 heavy (non-hydrogen) atoms. The van der Waals surface area contributed by atoms with Crippen LogP contribution in [0.4, 0.5) is 5.69 Å². The summed E-state index contributed by atoms with van der Waals surface area (Å²) in [7, 11) is 0. The third kappa shape index (κ3) is 6.80. The van der Waals surface area contributed by atoms with Crippen LogP contribution in [0.3, 0.4) is 0 Å². The molecule has 0 amide bonds. The van der Waals surface area contributed by atoms with Gasteiger partial charge in [0.05, 0.1) is 12.0 Å². The fourth-order valence-electron chi connectivity index (χ4n) is 1.77. The number of hydrogen-bond acceptors (Lipinski definition) is 4. The SMILES string of the molecule is C=CCOc1ccc(NC(=S)NCCSCc2ccco2)cc1. The molecule has 122 valence electrons. The molecule has 0 aliphatic heterocycles. The van der Waals surface area contributed by atoms with Crippen molar-refractivity contribution >= 4 is 34.8 Å². The van der Waals surface area contributed by atoms with E-state index in [4.69, 9.17) is 21.4 Å². The Morgan fingerprint density at radius 1 is 1.30 bits per heavy atom. The summed E-state index contributed by atoms with van der Waals surface area (Å²) in [5.74, 6) is 3.64. The fraction of sp³-hybridized carbons (Fsp3) is 0.235. The maximum Gasteiger partial charge on any atom is 0.170 e. The quantitative estimate of drug-likeness (QED) is 0.405. The lowest BCUT2D eigenvalue weighted by Crippen LogP contribution is -2.30. The molecule has 0 aliphatic carbocycles. The number of thiocarbonyl (C=S) groups is 1. The summed E-state index contributed by atoms with van der Waals surface area (Å²) in [5, 5.41) is 6.95. The van der Waals surface area contributed by atoms with E-state index in [1.807, 2.05) is 36.4 Å². The Kier molecular flexibility index (Phi) is 7.56. The summed E-state index contributed by atoms with van der Waals surface area (Å²) < 4.78 is 10.7. The van der Waals surface area contributed by atoms with Crippen LogP contribution in [-0.2, 0) is 5.75 Å². The predicted molar refractivity (Wildman–Crippen MR) is 101 cm³/mol. The third-order valence-electron chi connectivity index (χ3n) is 2.84. The molecule has 0 unspecified atom stereocenters. The third-order valence-corrected chi connectivity index (χ3v) is 4.06. The number of furan rings is 1. The van der Waals surface area contributed by atoms with Gasteiger partial charge >= 0.3 is 0 Å². The predicted octanol–water partition coefficient (Wildman–Crippen LogP) is 4.06. The minimum Gasteiger partial charge on any atom is -0.490 e. The molecule has 2 aromatic rings. The summed E-state index contributed by atoms with van der Waals surface area (Å²) in [6.45, 7) is 4.92. The summed E-state index contributed by atoms with van der Waals surface area (Å²) in [4.78, 5) is 0. The van der Waals surface area contributed by atoms with Crippen LogP contribution in [0.2, 0.25) is 0 Å². The second kappa shape index (κ2) is 9.97. The number of ether oxygens (including phenoxy) is 1. The van der Waals surface area contributed by atoms with Gasteiger partial charge in [0.2, 0.25) is 0 Å². The Hall–Kier alpha value is -1.92. The van der Waals surface area contributed by atoms with Crippen molar-refractivity contribution in [1.29, 1.82) is 0 Å². The number of rotatable bonds is 9. The number of hydrogen-bond donors (Lipinski definition) is 2. The molecule has 0 aliphatic rings. The second-order valence-electron chi connectivity index (χ2n) is 4.64. The first-order valence-corrected chi connectivity index (χ1v) is 8.83. The van der Waals surface area contributed by atoms with E-state index in [-0.39, 0.29) is 0 Å².